The molecule has 1 aliphatic carbocycles. The van der Waals surface area contributed by atoms with Crippen LogP contribution in [0.2, 0.25) is 0 Å². The number of hydrogen-bond acceptors (Lipinski definition) is 4. The molecule has 2 aliphatic rings. The van der Waals surface area contributed by atoms with E-state index >= 15 is 0 Å². The predicted octanol–water partition coefficient (Wildman–Crippen LogP) is 3.49. The van der Waals surface area contributed by atoms with Gasteiger partial charge < -0.3 is 9.64 Å². The molecule has 1 fully saturated rings. The molecule has 0 aromatic heterocycles. The summed E-state index contributed by atoms with van der Waals surface area (Å²) in [5.74, 6) is 0.0457. The van der Waals surface area contributed by atoms with Gasteiger partial charge in [-0.25, -0.2) is 13.1 Å². The second kappa shape index (κ2) is 7.74. The number of halogens is 1. The number of carbonyl (C=O) groups is 1. The third kappa shape index (κ3) is 4.20. The van der Waals surface area contributed by atoms with E-state index < -0.39 is 10.0 Å². The van der Waals surface area contributed by atoms with Crippen LogP contribution in [0.3, 0.4) is 0 Å². The third-order valence-corrected chi connectivity index (χ3v) is 7.45. The van der Waals surface area contributed by atoms with Gasteiger partial charge in [-0.15, -0.1) is 0 Å². The molecule has 2 aromatic carbocycles. The van der Waals surface area contributed by atoms with Crippen molar-refractivity contribution in [3.63, 3.8) is 0 Å². The highest BCUT2D eigenvalue weighted by molar-refractivity contribution is 9.10. The summed E-state index contributed by atoms with van der Waals surface area (Å²) >= 11 is 3.49. The minimum absolute atomic E-state index is 0.00515. The van der Waals surface area contributed by atoms with E-state index in [1.54, 1.807) is 17.0 Å². The molecule has 1 amide bonds. The molecule has 154 valence electrons. The Balaban J connectivity index is 1.66. The summed E-state index contributed by atoms with van der Waals surface area (Å²) in [5.41, 5.74) is 2.67. The lowest BCUT2D eigenvalue weighted by molar-refractivity contribution is 0.0658. The number of methoxy groups -OCH3 is 1. The Morgan fingerprint density at radius 3 is 2.62 bits per heavy atom. The van der Waals surface area contributed by atoms with Crippen LogP contribution in [0.15, 0.2) is 45.8 Å². The van der Waals surface area contributed by atoms with E-state index in [0.717, 1.165) is 29.3 Å². The van der Waals surface area contributed by atoms with Gasteiger partial charge in [0.1, 0.15) is 10.6 Å². The number of sulfonamides is 1. The lowest BCUT2D eigenvalue weighted by atomic mass is 9.94. The van der Waals surface area contributed by atoms with Gasteiger partial charge in [0.25, 0.3) is 5.91 Å². The van der Waals surface area contributed by atoms with Gasteiger partial charge in [0.05, 0.1) is 7.11 Å². The monoisotopic (exact) mass is 478 g/mol. The van der Waals surface area contributed by atoms with Crippen molar-refractivity contribution in [3.05, 3.63) is 57.6 Å². The molecule has 1 aliphatic heterocycles. The number of carbonyl (C=O) groups excluding carboxylic acids is 1. The van der Waals surface area contributed by atoms with Crippen molar-refractivity contribution in [2.45, 2.75) is 49.7 Å². The van der Waals surface area contributed by atoms with E-state index in [9.17, 15) is 13.2 Å². The fourth-order valence-corrected chi connectivity index (χ4v) is 5.56. The molecule has 8 heteroatoms. The second-order valence-corrected chi connectivity index (χ2v) is 10.3. The topological polar surface area (TPSA) is 75.7 Å². The number of amides is 1. The van der Waals surface area contributed by atoms with Gasteiger partial charge in [-0.3, -0.25) is 4.79 Å². The van der Waals surface area contributed by atoms with E-state index in [4.69, 9.17) is 4.74 Å². The van der Waals surface area contributed by atoms with Crippen LogP contribution in [0.1, 0.15) is 41.3 Å². The molecular weight excluding hydrogens is 456 g/mol. The van der Waals surface area contributed by atoms with Crippen molar-refractivity contribution in [2.75, 3.05) is 7.11 Å². The third-order valence-electron chi connectivity index (χ3n) is 5.42. The summed E-state index contributed by atoms with van der Waals surface area (Å²) < 4.78 is 34.4. The molecule has 1 heterocycles. The summed E-state index contributed by atoms with van der Waals surface area (Å²) in [7, 11) is -2.32. The molecule has 0 radical (unpaired) electrons. The van der Waals surface area contributed by atoms with Crippen LogP contribution in [0, 0.1) is 0 Å². The van der Waals surface area contributed by atoms with Crippen molar-refractivity contribution in [1.29, 1.82) is 0 Å². The van der Waals surface area contributed by atoms with Crippen LogP contribution in [0.25, 0.3) is 0 Å². The Bertz CT molecular complexity index is 1070. The number of rotatable bonds is 5. The highest BCUT2D eigenvalue weighted by Crippen LogP contribution is 2.31. The van der Waals surface area contributed by atoms with Crippen LogP contribution < -0.4 is 9.46 Å². The molecule has 29 heavy (non-hydrogen) atoms. The van der Waals surface area contributed by atoms with Crippen molar-refractivity contribution in [3.8, 4) is 5.75 Å². The number of ether oxygens (including phenoxy) is 1. The van der Waals surface area contributed by atoms with E-state index in [1.807, 2.05) is 19.1 Å². The Morgan fingerprint density at radius 1 is 1.17 bits per heavy atom. The summed E-state index contributed by atoms with van der Waals surface area (Å²) in [6.45, 7) is 2.50. The zero-order chi connectivity index (χ0) is 20.8. The SMILES string of the molecule is COc1ccc(C(=O)N2Cc3cc(Br)ccc3CC2C)cc1S(=O)(=O)NC1CC1. The van der Waals surface area contributed by atoms with E-state index in [0.29, 0.717) is 12.1 Å². The van der Waals surface area contributed by atoms with Crippen molar-refractivity contribution in [2.24, 2.45) is 0 Å². The molecule has 0 spiro atoms. The lowest BCUT2D eigenvalue weighted by Gasteiger charge is -2.35. The number of fused-ring (bicyclic) bond motifs is 1. The van der Waals surface area contributed by atoms with Gasteiger partial charge in [-0.1, -0.05) is 22.0 Å². The van der Waals surface area contributed by atoms with E-state index in [-0.39, 0.29) is 28.6 Å². The Morgan fingerprint density at radius 2 is 1.93 bits per heavy atom. The van der Waals surface area contributed by atoms with Gasteiger partial charge in [0.15, 0.2) is 0 Å². The van der Waals surface area contributed by atoms with Gasteiger partial charge in [-0.05, 0) is 67.6 Å². The normalized spacial score (nSPS) is 19.0. The van der Waals surface area contributed by atoms with Crippen LogP contribution in [-0.4, -0.2) is 38.4 Å². The first-order chi connectivity index (χ1) is 13.8. The molecule has 2 aromatic rings. The van der Waals surface area contributed by atoms with E-state index in [2.05, 4.69) is 26.7 Å². The first-order valence-electron chi connectivity index (χ1n) is 9.57. The van der Waals surface area contributed by atoms with Crippen LogP contribution in [0.5, 0.6) is 5.75 Å². The summed E-state index contributed by atoms with van der Waals surface area (Å²) in [5, 5.41) is 0. The van der Waals surface area contributed by atoms with Gasteiger partial charge in [-0.2, -0.15) is 0 Å². The van der Waals surface area contributed by atoms with Gasteiger partial charge >= 0.3 is 0 Å². The zero-order valence-corrected chi connectivity index (χ0v) is 18.7. The van der Waals surface area contributed by atoms with Crippen molar-refractivity contribution in [1.82, 2.24) is 9.62 Å². The summed E-state index contributed by atoms with van der Waals surface area (Å²) in [6, 6.07) is 10.7. The molecule has 0 saturated heterocycles. The lowest BCUT2D eigenvalue weighted by Crippen LogP contribution is -2.42. The average molecular weight is 479 g/mol. The second-order valence-electron chi connectivity index (χ2n) is 7.66. The quantitative estimate of drug-likeness (QED) is 0.713. The molecule has 1 saturated carbocycles. The molecule has 0 bridgehead atoms. The minimum Gasteiger partial charge on any atom is -0.495 e. The summed E-state index contributed by atoms with van der Waals surface area (Å²) in [6.07, 6.45) is 2.43. The van der Waals surface area contributed by atoms with Crippen LogP contribution in [0.4, 0.5) is 0 Å². The number of benzene rings is 2. The van der Waals surface area contributed by atoms with E-state index in [1.165, 1.54) is 18.7 Å². The highest BCUT2D eigenvalue weighted by Gasteiger charge is 2.32. The maximum Gasteiger partial charge on any atom is 0.254 e. The molecular formula is C21H23BrN2O4S. The molecule has 1 N–H and O–H groups in total. The van der Waals surface area contributed by atoms with Crippen LogP contribution >= 0.6 is 15.9 Å². The molecule has 4 rings (SSSR count). The standard InChI is InChI=1S/C21H23BrN2O4S/c1-13-9-14-3-5-17(22)10-16(14)12-24(13)21(25)15-4-8-19(28-2)20(11-15)29(26,27)23-18-6-7-18/h3-5,8,10-11,13,18,23H,6-7,9,12H2,1-2H3. The largest absolute Gasteiger partial charge is 0.495 e. The Kier molecular flexibility index (Phi) is 5.44. The Hall–Kier alpha value is -1.90. The summed E-state index contributed by atoms with van der Waals surface area (Å²) in [4.78, 5) is 15.1. The molecule has 1 unspecified atom stereocenters. The number of nitrogens with zero attached hydrogens (tertiary/aromatic N) is 1. The molecule has 1 atom stereocenters. The predicted molar refractivity (Wildman–Crippen MR) is 114 cm³/mol. The maximum absolute atomic E-state index is 13.3. The minimum atomic E-state index is -3.75. The zero-order valence-electron chi connectivity index (χ0n) is 16.3. The van der Waals surface area contributed by atoms with Crippen molar-refractivity contribution < 1.29 is 17.9 Å². The number of hydrogen-bond donors (Lipinski definition) is 1. The fourth-order valence-electron chi connectivity index (χ4n) is 3.65. The average Bonchev–Trinajstić information content (AvgIpc) is 3.50. The smallest absolute Gasteiger partial charge is 0.254 e. The number of nitrogens with one attached hydrogen (secondary N) is 1. The fraction of sp³-hybridized carbons (Fsp3) is 0.381. The Labute approximate surface area is 179 Å². The molecule has 6 nitrogen and oxygen atoms in total. The van der Waals surface area contributed by atoms with Gasteiger partial charge in [0.2, 0.25) is 10.0 Å². The maximum atomic E-state index is 13.3. The first-order valence-corrected chi connectivity index (χ1v) is 11.8. The first kappa shape index (κ1) is 20.4. The van der Waals surface area contributed by atoms with Gasteiger partial charge in [0, 0.05) is 28.7 Å². The van der Waals surface area contributed by atoms with Crippen molar-refractivity contribution >= 4 is 31.9 Å². The van der Waals surface area contributed by atoms with Crippen LogP contribution in [-0.2, 0) is 23.0 Å². The highest BCUT2D eigenvalue weighted by atomic mass is 79.9.